The Morgan fingerprint density at radius 1 is 1.00 bits per heavy atom. The third-order valence-corrected chi connectivity index (χ3v) is 3.78. The van der Waals surface area contributed by atoms with Crippen LogP contribution >= 0.6 is 0 Å². The molecule has 0 spiro atoms. The van der Waals surface area contributed by atoms with E-state index in [1.165, 1.54) is 0 Å². The van der Waals surface area contributed by atoms with Gasteiger partial charge in [0.1, 0.15) is 6.54 Å². The molecule has 0 radical (unpaired) electrons. The summed E-state index contributed by atoms with van der Waals surface area (Å²) in [5, 5.41) is 0. The number of amides is 1. The van der Waals surface area contributed by atoms with Crippen molar-refractivity contribution < 1.29 is 4.79 Å². The Kier molecular flexibility index (Phi) is 2.76. The smallest absolute Gasteiger partial charge is 0.254 e. The highest BCUT2D eigenvalue weighted by Gasteiger charge is 2.33. The zero-order valence-corrected chi connectivity index (χ0v) is 11.9. The maximum atomic E-state index is 12.2. The lowest BCUT2D eigenvalue weighted by Crippen LogP contribution is -2.33. The van der Waals surface area contributed by atoms with Gasteiger partial charge in [-0.1, -0.05) is 55.1 Å². The number of hydrogen-bond acceptors (Lipinski definition) is 3. The first kappa shape index (κ1) is 12.7. The third-order valence-electron chi connectivity index (χ3n) is 3.78. The van der Waals surface area contributed by atoms with E-state index < -0.39 is 0 Å². The molecule has 1 amide bonds. The molecule has 2 heterocycles. The maximum absolute atomic E-state index is 12.2. The molecule has 2 aliphatic rings. The van der Waals surface area contributed by atoms with Crippen molar-refractivity contribution in [2.45, 2.75) is 0 Å². The van der Waals surface area contributed by atoms with E-state index in [1.54, 1.807) is 4.90 Å². The van der Waals surface area contributed by atoms with Crippen LogP contribution in [0.4, 0.5) is 5.69 Å². The van der Waals surface area contributed by atoms with Gasteiger partial charge in [-0.2, -0.15) is 0 Å². The van der Waals surface area contributed by atoms with Gasteiger partial charge in [-0.25, -0.2) is 4.99 Å². The number of rotatable bonds is 1. The van der Waals surface area contributed by atoms with Gasteiger partial charge in [0, 0.05) is 11.1 Å². The minimum Gasteiger partial charge on any atom is -0.272 e. The molecule has 2 aromatic rings. The summed E-state index contributed by atoms with van der Waals surface area (Å²) in [6.07, 6.45) is 0. The third kappa shape index (κ3) is 1.81. The van der Waals surface area contributed by atoms with Crippen molar-refractivity contribution in [3.63, 3.8) is 0 Å². The van der Waals surface area contributed by atoms with E-state index in [-0.39, 0.29) is 12.5 Å². The number of amidine groups is 1. The molecule has 0 saturated carbocycles. The Hall–Kier alpha value is -3.01. The summed E-state index contributed by atoms with van der Waals surface area (Å²) in [6.45, 7) is 4.15. The predicted molar refractivity (Wildman–Crippen MR) is 87.5 cm³/mol. The molecule has 2 aliphatic heterocycles. The van der Waals surface area contributed by atoms with Gasteiger partial charge >= 0.3 is 0 Å². The maximum Gasteiger partial charge on any atom is 0.254 e. The van der Waals surface area contributed by atoms with Gasteiger partial charge in [-0.3, -0.25) is 14.7 Å². The van der Waals surface area contributed by atoms with Gasteiger partial charge in [0.05, 0.1) is 17.1 Å². The molecular weight excluding hydrogens is 274 g/mol. The topological polar surface area (TPSA) is 45.0 Å². The Labute approximate surface area is 128 Å². The standard InChI is InChI=1S/C18H13N3O/c1-12-18-19-11-16(22)21(18)15-10-6-5-9-14(15)17(20-12)13-7-3-2-4-8-13/h2-10H,1,11H2. The van der Waals surface area contributed by atoms with Crippen LogP contribution in [0.15, 0.2) is 76.9 Å². The van der Waals surface area contributed by atoms with Gasteiger partial charge in [-0.15, -0.1) is 0 Å². The molecule has 4 nitrogen and oxygen atoms in total. The van der Waals surface area contributed by atoms with Gasteiger partial charge < -0.3 is 0 Å². The first-order chi connectivity index (χ1) is 10.8. The molecule has 2 aromatic carbocycles. The Morgan fingerprint density at radius 2 is 1.73 bits per heavy atom. The molecule has 22 heavy (non-hydrogen) atoms. The highest BCUT2D eigenvalue weighted by atomic mass is 16.2. The number of para-hydroxylation sites is 1. The van der Waals surface area contributed by atoms with E-state index >= 15 is 0 Å². The zero-order valence-electron chi connectivity index (χ0n) is 11.9. The lowest BCUT2D eigenvalue weighted by molar-refractivity contribution is -0.115. The Bertz CT molecular complexity index is 850. The number of fused-ring (bicyclic) bond motifs is 3. The van der Waals surface area contributed by atoms with Crippen molar-refractivity contribution in [2.75, 3.05) is 11.4 Å². The molecule has 4 rings (SSSR count). The second-order valence-corrected chi connectivity index (χ2v) is 5.16. The molecule has 0 aromatic heterocycles. The molecule has 0 N–H and O–H groups in total. The minimum atomic E-state index is -0.0480. The second kappa shape index (κ2) is 4.77. The first-order valence-corrected chi connectivity index (χ1v) is 7.06. The van der Waals surface area contributed by atoms with Crippen LogP contribution in [0.25, 0.3) is 0 Å². The summed E-state index contributed by atoms with van der Waals surface area (Å²) in [5.41, 5.74) is 4.04. The normalized spacial score (nSPS) is 16.6. The van der Waals surface area contributed by atoms with Gasteiger partial charge in [0.2, 0.25) is 0 Å². The summed E-state index contributed by atoms with van der Waals surface area (Å²) in [6, 6.07) is 17.7. The number of hydrogen-bond donors (Lipinski definition) is 0. The molecule has 4 heteroatoms. The molecule has 0 fully saturated rings. The second-order valence-electron chi connectivity index (χ2n) is 5.16. The van der Waals surface area contributed by atoms with Crippen LogP contribution in [0.2, 0.25) is 0 Å². The van der Waals surface area contributed by atoms with Crippen LogP contribution < -0.4 is 4.90 Å². The van der Waals surface area contributed by atoms with Crippen molar-refractivity contribution in [3.05, 3.63) is 78.0 Å². The van der Waals surface area contributed by atoms with Crippen LogP contribution in [0, 0.1) is 0 Å². The van der Waals surface area contributed by atoms with Crippen LogP contribution in [-0.2, 0) is 4.79 Å². The number of nitrogens with zero attached hydrogens (tertiary/aromatic N) is 3. The fourth-order valence-corrected chi connectivity index (χ4v) is 2.80. The number of anilines is 1. The van der Waals surface area contributed by atoms with Crippen molar-refractivity contribution in [1.29, 1.82) is 0 Å². The Morgan fingerprint density at radius 3 is 2.55 bits per heavy atom. The largest absolute Gasteiger partial charge is 0.272 e. The summed E-state index contributed by atoms with van der Waals surface area (Å²) in [5.74, 6) is 0.497. The summed E-state index contributed by atoms with van der Waals surface area (Å²) in [7, 11) is 0. The molecule has 0 bridgehead atoms. The van der Waals surface area contributed by atoms with Crippen molar-refractivity contribution in [2.24, 2.45) is 9.98 Å². The zero-order chi connectivity index (χ0) is 15.1. The van der Waals surface area contributed by atoms with E-state index in [9.17, 15) is 4.79 Å². The van der Waals surface area contributed by atoms with Crippen molar-refractivity contribution >= 4 is 23.1 Å². The fraction of sp³-hybridized carbons (Fsp3) is 0.0556. The van der Waals surface area contributed by atoms with Crippen LogP contribution in [0.3, 0.4) is 0 Å². The molecule has 0 saturated heterocycles. The molecule has 0 aliphatic carbocycles. The van der Waals surface area contributed by atoms with E-state index in [2.05, 4.69) is 16.6 Å². The van der Waals surface area contributed by atoms with Crippen molar-refractivity contribution in [3.8, 4) is 0 Å². The van der Waals surface area contributed by atoms with E-state index in [0.717, 1.165) is 22.5 Å². The number of carbonyl (C=O) groups is 1. The average molecular weight is 287 g/mol. The minimum absolute atomic E-state index is 0.0480. The summed E-state index contributed by atoms with van der Waals surface area (Å²) in [4.78, 5) is 22.8. The summed E-state index contributed by atoms with van der Waals surface area (Å²) >= 11 is 0. The molecular formula is C18H13N3O. The summed E-state index contributed by atoms with van der Waals surface area (Å²) < 4.78 is 0. The average Bonchev–Trinajstić information content (AvgIpc) is 2.89. The monoisotopic (exact) mass is 287 g/mol. The van der Waals surface area contributed by atoms with E-state index in [0.29, 0.717) is 11.5 Å². The molecule has 0 unspecified atom stereocenters. The first-order valence-electron chi connectivity index (χ1n) is 7.06. The van der Waals surface area contributed by atoms with E-state index in [4.69, 9.17) is 0 Å². The highest BCUT2D eigenvalue weighted by molar-refractivity contribution is 6.32. The highest BCUT2D eigenvalue weighted by Crippen LogP contribution is 2.31. The number of aliphatic imine (C=N–C) groups is 2. The molecule has 106 valence electrons. The van der Waals surface area contributed by atoms with Gasteiger partial charge in [0.15, 0.2) is 5.84 Å². The number of benzene rings is 2. The van der Waals surface area contributed by atoms with Crippen molar-refractivity contribution in [1.82, 2.24) is 0 Å². The SMILES string of the molecule is C=C1N=C(c2ccccc2)c2ccccc2N2C(=O)CN=C12. The fourth-order valence-electron chi connectivity index (χ4n) is 2.80. The lowest BCUT2D eigenvalue weighted by Gasteiger charge is -2.18. The van der Waals surface area contributed by atoms with Crippen LogP contribution in [-0.4, -0.2) is 24.0 Å². The predicted octanol–water partition coefficient (Wildman–Crippen LogP) is 2.80. The van der Waals surface area contributed by atoms with E-state index in [1.807, 2.05) is 54.6 Å². The van der Waals surface area contributed by atoms with Crippen LogP contribution in [0.1, 0.15) is 11.1 Å². The Balaban J connectivity index is 2.00. The quantitative estimate of drug-likeness (QED) is 0.795. The lowest BCUT2D eigenvalue weighted by atomic mass is 10.0. The van der Waals surface area contributed by atoms with Gasteiger partial charge in [-0.05, 0) is 6.07 Å². The molecule has 0 atom stereocenters. The van der Waals surface area contributed by atoms with Crippen LogP contribution in [0.5, 0.6) is 0 Å². The van der Waals surface area contributed by atoms with Gasteiger partial charge in [0.25, 0.3) is 5.91 Å². The number of carbonyl (C=O) groups excluding carboxylic acids is 1.